The molecule has 194 valence electrons. The van der Waals surface area contributed by atoms with Crippen LogP contribution in [-0.4, -0.2) is 22.7 Å². The SMILES string of the molecule is C=CCN(C(=O)c1cc(NC(=O)[C@H]2[C@H](c3cc(Cl)cc(Cl)c3)C2(Cl)Cl)ccc1Cl)c1ccc(F)cc1C#N. The number of carbonyl (C=O) groups is 2. The summed E-state index contributed by atoms with van der Waals surface area (Å²) in [5.74, 6) is -3.06. The maximum absolute atomic E-state index is 13.7. The maximum Gasteiger partial charge on any atom is 0.260 e. The molecule has 3 aromatic rings. The molecular formula is C27H17Cl5FN3O2. The van der Waals surface area contributed by atoms with Gasteiger partial charge in [-0.15, -0.1) is 29.8 Å². The normalized spacial score (nSPS) is 17.3. The van der Waals surface area contributed by atoms with E-state index in [4.69, 9.17) is 58.0 Å². The van der Waals surface area contributed by atoms with Gasteiger partial charge in [0.05, 0.1) is 27.8 Å². The molecule has 2 amide bonds. The summed E-state index contributed by atoms with van der Waals surface area (Å²) in [5, 5.41) is 13.0. The lowest BCUT2D eigenvalue weighted by Crippen LogP contribution is -2.32. The van der Waals surface area contributed by atoms with Crippen molar-refractivity contribution in [3.8, 4) is 6.07 Å². The Hall–Kier alpha value is -2.79. The number of nitriles is 1. The summed E-state index contributed by atoms with van der Waals surface area (Å²) in [4.78, 5) is 27.9. The predicted octanol–water partition coefficient (Wildman–Crippen LogP) is 8.02. The van der Waals surface area contributed by atoms with E-state index in [1.165, 1.54) is 35.2 Å². The van der Waals surface area contributed by atoms with Crippen LogP contribution < -0.4 is 10.2 Å². The molecule has 0 heterocycles. The molecule has 0 unspecified atom stereocenters. The van der Waals surface area contributed by atoms with Crippen molar-refractivity contribution < 1.29 is 14.0 Å². The Kier molecular flexibility index (Phi) is 8.27. The fraction of sp³-hybridized carbons (Fsp3) is 0.148. The van der Waals surface area contributed by atoms with Gasteiger partial charge in [0.15, 0.2) is 0 Å². The second kappa shape index (κ2) is 11.1. The summed E-state index contributed by atoms with van der Waals surface area (Å²) >= 11 is 31.4. The fourth-order valence-corrected chi connectivity index (χ4v) is 5.78. The molecule has 2 atom stereocenters. The Labute approximate surface area is 243 Å². The largest absolute Gasteiger partial charge is 0.326 e. The highest BCUT2D eigenvalue weighted by molar-refractivity contribution is 6.53. The molecule has 0 bridgehead atoms. The van der Waals surface area contributed by atoms with Crippen molar-refractivity contribution in [2.75, 3.05) is 16.8 Å². The van der Waals surface area contributed by atoms with E-state index in [-0.39, 0.29) is 34.1 Å². The van der Waals surface area contributed by atoms with Gasteiger partial charge in [-0.1, -0.05) is 40.9 Å². The van der Waals surface area contributed by atoms with Crippen molar-refractivity contribution in [3.05, 3.63) is 105 Å². The van der Waals surface area contributed by atoms with E-state index in [2.05, 4.69) is 11.9 Å². The minimum atomic E-state index is -1.39. The number of amides is 2. The van der Waals surface area contributed by atoms with Crippen LogP contribution in [-0.2, 0) is 4.79 Å². The Bertz CT molecular complexity index is 1480. The lowest BCUT2D eigenvalue weighted by atomic mass is 10.1. The molecule has 38 heavy (non-hydrogen) atoms. The molecule has 1 aliphatic carbocycles. The van der Waals surface area contributed by atoms with Crippen molar-refractivity contribution in [3.63, 3.8) is 0 Å². The van der Waals surface area contributed by atoms with E-state index in [1.54, 1.807) is 18.2 Å². The predicted molar refractivity (Wildman–Crippen MR) is 150 cm³/mol. The van der Waals surface area contributed by atoms with Crippen molar-refractivity contribution >= 4 is 81.2 Å². The van der Waals surface area contributed by atoms with Gasteiger partial charge in [-0.05, 0) is 60.2 Å². The van der Waals surface area contributed by atoms with Gasteiger partial charge in [-0.25, -0.2) is 4.39 Å². The second-order valence-electron chi connectivity index (χ2n) is 8.49. The van der Waals surface area contributed by atoms with Crippen LogP contribution in [0.4, 0.5) is 15.8 Å². The number of rotatable bonds is 7. The zero-order valence-corrected chi connectivity index (χ0v) is 23.1. The molecule has 5 nitrogen and oxygen atoms in total. The van der Waals surface area contributed by atoms with Crippen LogP contribution in [0.2, 0.25) is 15.1 Å². The number of nitrogens with zero attached hydrogens (tertiary/aromatic N) is 2. The summed E-state index contributed by atoms with van der Waals surface area (Å²) in [5.41, 5.74) is 1.06. The molecule has 0 spiro atoms. The van der Waals surface area contributed by atoms with Gasteiger partial charge in [-0.3, -0.25) is 9.59 Å². The van der Waals surface area contributed by atoms with Crippen LogP contribution in [0.15, 0.2) is 67.3 Å². The highest BCUT2D eigenvalue weighted by atomic mass is 35.5. The number of hydrogen-bond acceptors (Lipinski definition) is 3. The molecule has 1 N–H and O–H groups in total. The molecular weight excluding hydrogens is 595 g/mol. The second-order valence-corrected chi connectivity index (χ2v) is 11.2. The van der Waals surface area contributed by atoms with Crippen LogP contribution >= 0.6 is 58.0 Å². The van der Waals surface area contributed by atoms with E-state index in [0.717, 1.165) is 12.1 Å². The summed E-state index contributed by atoms with van der Waals surface area (Å²) in [7, 11) is 0. The van der Waals surface area contributed by atoms with Gasteiger partial charge in [0, 0.05) is 28.2 Å². The van der Waals surface area contributed by atoms with Crippen LogP contribution in [0.3, 0.4) is 0 Å². The lowest BCUT2D eigenvalue weighted by molar-refractivity contribution is -0.117. The summed E-state index contributed by atoms with van der Waals surface area (Å²) < 4.78 is 12.3. The zero-order valence-electron chi connectivity index (χ0n) is 19.3. The molecule has 0 aromatic heterocycles. The summed E-state index contributed by atoms with van der Waals surface area (Å²) in [6, 6.07) is 14.6. The zero-order chi connectivity index (χ0) is 27.8. The number of alkyl halides is 2. The van der Waals surface area contributed by atoms with E-state index in [9.17, 15) is 19.2 Å². The summed E-state index contributed by atoms with van der Waals surface area (Å²) in [6.07, 6.45) is 1.46. The van der Waals surface area contributed by atoms with Gasteiger partial charge in [-0.2, -0.15) is 5.26 Å². The van der Waals surface area contributed by atoms with E-state index in [1.807, 2.05) is 6.07 Å². The quantitative estimate of drug-likeness (QED) is 0.217. The molecule has 1 aliphatic rings. The lowest BCUT2D eigenvalue weighted by Gasteiger charge is -2.23. The van der Waals surface area contributed by atoms with Crippen molar-refractivity contribution in [2.45, 2.75) is 10.3 Å². The smallest absolute Gasteiger partial charge is 0.260 e. The number of halogens is 6. The molecule has 3 aromatic carbocycles. The van der Waals surface area contributed by atoms with Gasteiger partial charge in [0.1, 0.15) is 16.2 Å². The van der Waals surface area contributed by atoms with Crippen LogP contribution in [0.5, 0.6) is 0 Å². The Morgan fingerprint density at radius 2 is 1.76 bits per heavy atom. The van der Waals surface area contributed by atoms with Crippen molar-refractivity contribution in [2.24, 2.45) is 5.92 Å². The van der Waals surface area contributed by atoms with Gasteiger partial charge < -0.3 is 10.2 Å². The van der Waals surface area contributed by atoms with Gasteiger partial charge in [0.25, 0.3) is 5.91 Å². The van der Waals surface area contributed by atoms with E-state index >= 15 is 0 Å². The third-order valence-electron chi connectivity index (χ3n) is 5.97. The highest BCUT2D eigenvalue weighted by Crippen LogP contribution is 2.65. The average Bonchev–Trinajstić information content (AvgIpc) is 3.45. The van der Waals surface area contributed by atoms with Gasteiger partial charge >= 0.3 is 0 Å². The molecule has 1 saturated carbocycles. The minimum absolute atomic E-state index is 0.0129. The summed E-state index contributed by atoms with van der Waals surface area (Å²) in [6.45, 7) is 3.67. The highest BCUT2D eigenvalue weighted by Gasteiger charge is 2.67. The van der Waals surface area contributed by atoms with Gasteiger partial charge in [0.2, 0.25) is 5.91 Å². The third kappa shape index (κ3) is 5.63. The van der Waals surface area contributed by atoms with E-state index < -0.39 is 33.8 Å². The fourth-order valence-electron chi connectivity index (χ4n) is 4.21. The molecule has 0 aliphatic heterocycles. The van der Waals surface area contributed by atoms with Crippen LogP contribution in [0.25, 0.3) is 0 Å². The average molecular weight is 612 g/mol. The number of nitrogens with one attached hydrogen (secondary N) is 1. The molecule has 4 rings (SSSR count). The Morgan fingerprint density at radius 1 is 1.08 bits per heavy atom. The number of benzene rings is 3. The number of hydrogen-bond donors (Lipinski definition) is 1. The molecule has 0 saturated heterocycles. The Morgan fingerprint density at radius 3 is 2.39 bits per heavy atom. The van der Waals surface area contributed by atoms with Crippen molar-refractivity contribution in [1.82, 2.24) is 0 Å². The minimum Gasteiger partial charge on any atom is -0.326 e. The molecule has 0 radical (unpaired) electrons. The first-order chi connectivity index (χ1) is 18.0. The number of carbonyl (C=O) groups excluding carboxylic acids is 2. The van der Waals surface area contributed by atoms with E-state index in [0.29, 0.717) is 15.6 Å². The van der Waals surface area contributed by atoms with Crippen LogP contribution in [0, 0.1) is 23.1 Å². The maximum atomic E-state index is 13.7. The topological polar surface area (TPSA) is 73.2 Å². The first kappa shape index (κ1) is 28.2. The van der Waals surface area contributed by atoms with Crippen LogP contribution in [0.1, 0.15) is 27.4 Å². The first-order valence-electron chi connectivity index (χ1n) is 11.0. The molecule has 1 fully saturated rings. The standard InChI is InChI=1S/C27H17Cl5FN3O2/c1-2-7-36(22-6-3-18(33)10-15(22)13-34)26(38)20-12-19(4-5-21(20)30)35-25(37)24-23(27(24,31)32)14-8-16(28)11-17(29)9-14/h2-6,8-12,23-24H,1,7H2,(H,35,37)/t23-,24+/m0/s1. The number of anilines is 2. The Balaban J connectivity index is 1.60. The molecule has 11 heteroatoms. The third-order valence-corrected chi connectivity index (χ3v) is 7.68. The first-order valence-corrected chi connectivity index (χ1v) is 12.9. The monoisotopic (exact) mass is 609 g/mol. The van der Waals surface area contributed by atoms with Crippen molar-refractivity contribution in [1.29, 1.82) is 5.26 Å².